The minimum Gasteiger partial charge on any atom is -0.497 e. The lowest BCUT2D eigenvalue weighted by Crippen LogP contribution is -2.32. The second kappa shape index (κ2) is 7.23. The van der Waals surface area contributed by atoms with E-state index in [1.807, 2.05) is 47.3 Å². The Labute approximate surface area is 185 Å². The average molecular weight is 423 g/mol. The molecule has 7 nitrogen and oxygen atoms in total. The predicted molar refractivity (Wildman–Crippen MR) is 120 cm³/mol. The number of hydrogen-bond donors (Lipinski definition) is 1. The third kappa shape index (κ3) is 2.85. The number of ether oxygens (including phenoxy) is 2. The van der Waals surface area contributed by atoms with Gasteiger partial charge < -0.3 is 14.8 Å². The van der Waals surface area contributed by atoms with Gasteiger partial charge in [-0.1, -0.05) is 29.8 Å². The summed E-state index contributed by atoms with van der Waals surface area (Å²) >= 11 is 0. The molecule has 1 N–H and O–H groups in total. The molecule has 2 aliphatic heterocycles. The Balaban J connectivity index is 1.61. The number of hydrogen-bond acceptors (Lipinski definition) is 6. The Morgan fingerprint density at radius 2 is 1.94 bits per heavy atom. The summed E-state index contributed by atoms with van der Waals surface area (Å²) in [7, 11) is 1.67. The van der Waals surface area contributed by atoms with E-state index in [2.05, 4.69) is 45.5 Å². The molecular formula is C25H21N5O2. The van der Waals surface area contributed by atoms with E-state index < -0.39 is 0 Å². The van der Waals surface area contributed by atoms with Crippen LogP contribution in [-0.4, -0.2) is 26.9 Å². The molecule has 7 heteroatoms. The topological polar surface area (TPSA) is 74.1 Å². The molecule has 2 atom stereocenters. The van der Waals surface area contributed by atoms with Gasteiger partial charge in [-0.15, -0.1) is 0 Å². The number of aromatic nitrogens is 4. The molecule has 0 fully saturated rings. The first-order valence-electron chi connectivity index (χ1n) is 10.4. The maximum atomic E-state index is 6.64. The van der Waals surface area contributed by atoms with Gasteiger partial charge in [-0.05, 0) is 48.4 Å². The van der Waals surface area contributed by atoms with Crippen molar-refractivity contribution in [1.82, 2.24) is 19.7 Å². The van der Waals surface area contributed by atoms with Crippen LogP contribution < -0.4 is 14.8 Å². The number of nitrogens with zero attached hydrogens (tertiary/aromatic N) is 4. The lowest BCUT2D eigenvalue weighted by atomic mass is 9.85. The molecule has 158 valence electrons. The van der Waals surface area contributed by atoms with Crippen LogP contribution in [0, 0.1) is 6.92 Å². The first kappa shape index (κ1) is 18.6. The van der Waals surface area contributed by atoms with Crippen molar-refractivity contribution in [3.8, 4) is 11.5 Å². The molecule has 0 unspecified atom stereocenters. The smallest absolute Gasteiger partial charge is 0.226 e. The van der Waals surface area contributed by atoms with Gasteiger partial charge in [-0.2, -0.15) is 10.1 Å². The van der Waals surface area contributed by atoms with Crippen LogP contribution >= 0.6 is 0 Å². The number of anilines is 1. The van der Waals surface area contributed by atoms with Gasteiger partial charge in [0, 0.05) is 23.5 Å². The minimum absolute atomic E-state index is 0.210. The van der Waals surface area contributed by atoms with E-state index in [9.17, 15) is 0 Å². The van der Waals surface area contributed by atoms with Gasteiger partial charge in [-0.25, -0.2) is 4.68 Å². The second-order valence-electron chi connectivity index (χ2n) is 7.94. The molecule has 4 heterocycles. The molecule has 2 aromatic carbocycles. The molecule has 0 amide bonds. The molecule has 2 aromatic heterocycles. The van der Waals surface area contributed by atoms with Crippen LogP contribution in [-0.2, 0) is 0 Å². The molecule has 0 spiro atoms. The van der Waals surface area contributed by atoms with Crippen LogP contribution in [0.2, 0.25) is 0 Å². The SMILES string of the molecule is COc1ccc([C@@H]2Oc3ccc(C)cc3C3=C2[C@H](c2cccnc2)n2ncnc2N3)cc1. The highest BCUT2D eigenvalue weighted by molar-refractivity contribution is 5.85. The summed E-state index contributed by atoms with van der Waals surface area (Å²) in [6.45, 7) is 2.08. The van der Waals surface area contributed by atoms with E-state index in [1.54, 1.807) is 19.6 Å². The Bertz CT molecular complexity index is 1330. The van der Waals surface area contributed by atoms with Crippen molar-refractivity contribution in [2.75, 3.05) is 12.4 Å². The van der Waals surface area contributed by atoms with Gasteiger partial charge in [-0.3, -0.25) is 4.98 Å². The number of nitrogens with one attached hydrogen (secondary N) is 1. The molecule has 32 heavy (non-hydrogen) atoms. The van der Waals surface area contributed by atoms with Crippen LogP contribution in [0.4, 0.5) is 5.95 Å². The lowest BCUT2D eigenvalue weighted by Gasteiger charge is -2.39. The summed E-state index contributed by atoms with van der Waals surface area (Å²) in [6, 6.07) is 18.1. The van der Waals surface area contributed by atoms with E-state index >= 15 is 0 Å². The maximum absolute atomic E-state index is 6.64. The van der Waals surface area contributed by atoms with E-state index in [4.69, 9.17) is 9.47 Å². The van der Waals surface area contributed by atoms with Crippen LogP contribution in [0.15, 0.2) is 78.9 Å². The van der Waals surface area contributed by atoms with Crippen LogP contribution in [0.5, 0.6) is 11.5 Å². The fourth-order valence-corrected chi connectivity index (χ4v) is 4.50. The number of pyridine rings is 1. The minimum atomic E-state index is -0.318. The van der Waals surface area contributed by atoms with Gasteiger partial charge in [0.15, 0.2) is 0 Å². The molecule has 6 rings (SSSR count). The molecule has 2 aliphatic rings. The Morgan fingerprint density at radius 1 is 1.06 bits per heavy atom. The fraction of sp³-hybridized carbons (Fsp3) is 0.160. The molecule has 0 aliphatic carbocycles. The summed E-state index contributed by atoms with van der Waals surface area (Å²) < 4.78 is 13.9. The summed E-state index contributed by atoms with van der Waals surface area (Å²) in [5, 5.41) is 8.07. The first-order chi connectivity index (χ1) is 15.7. The molecule has 0 saturated heterocycles. The van der Waals surface area contributed by atoms with E-state index in [0.29, 0.717) is 5.95 Å². The van der Waals surface area contributed by atoms with Crippen molar-refractivity contribution in [3.63, 3.8) is 0 Å². The largest absolute Gasteiger partial charge is 0.497 e. The highest BCUT2D eigenvalue weighted by Crippen LogP contribution is 2.50. The van der Waals surface area contributed by atoms with Crippen LogP contribution in [0.25, 0.3) is 5.70 Å². The monoisotopic (exact) mass is 423 g/mol. The molecule has 0 saturated carbocycles. The molecule has 4 aromatic rings. The number of methoxy groups -OCH3 is 1. The van der Waals surface area contributed by atoms with Crippen molar-refractivity contribution >= 4 is 11.6 Å². The quantitative estimate of drug-likeness (QED) is 0.521. The zero-order valence-corrected chi connectivity index (χ0v) is 17.7. The number of rotatable bonds is 3. The zero-order chi connectivity index (χ0) is 21.7. The summed E-state index contributed by atoms with van der Waals surface area (Å²) in [5.41, 5.74) is 6.31. The van der Waals surface area contributed by atoms with Crippen molar-refractivity contribution in [3.05, 3.63) is 101 Å². The van der Waals surface area contributed by atoms with E-state index in [0.717, 1.165) is 45.0 Å². The van der Waals surface area contributed by atoms with E-state index in [-0.39, 0.29) is 12.1 Å². The summed E-state index contributed by atoms with van der Waals surface area (Å²) in [4.78, 5) is 8.84. The second-order valence-corrected chi connectivity index (χ2v) is 7.94. The number of aryl methyl sites for hydroxylation is 1. The van der Waals surface area contributed by atoms with Crippen molar-refractivity contribution in [1.29, 1.82) is 0 Å². The lowest BCUT2D eigenvalue weighted by molar-refractivity contribution is 0.223. The van der Waals surface area contributed by atoms with Crippen molar-refractivity contribution in [2.45, 2.75) is 19.1 Å². The number of benzene rings is 2. The average Bonchev–Trinajstić information content (AvgIpc) is 3.31. The fourth-order valence-electron chi connectivity index (χ4n) is 4.50. The van der Waals surface area contributed by atoms with Crippen LogP contribution in [0.1, 0.15) is 34.4 Å². The molecule has 0 bridgehead atoms. The van der Waals surface area contributed by atoms with Gasteiger partial charge in [0.25, 0.3) is 0 Å². The van der Waals surface area contributed by atoms with E-state index in [1.165, 1.54) is 0 Å². The highest BCUT2D eigenvalue weighted by atomic mass is 16.5. The Kier molecular flexibility index (Phi) is 4.21. The normalized spacial score (nSPS) is 18.7. The summed E-state index contributed by atoms with van der Waals surface area (Å²) in [5.74, 6) is 2.33. The van der Waals surface area contributed by atoms with Gasteiger partial charge in [0.2, 0.25) is 5.95 Å². The van der Waals surface area contributed by atoms with Gasteiger partial charge in [0.1, 0.15) is 30.0 Å². The Morgan fingerprint density at radius 3 is 2.72 bits per heavy atom. The summed E-state index contributed by atoms with van der Waals surface area (Å²) in [6.07, 6.45) is 4.91. The highest BCUT2D eigenvalue weighted by Gasteiger charge is 2.41. The molecule has 0 radical (unpaired) electrons. The third-order valence-corrected chi connectivity index (χ3v) is 5.99. The maximum Gasteiger partial charge on any atom is 0.226 e. The number of fused-ring (bicyclic) bond motifs is 3. The van der Waals surface area contributed by atoms with Crippen molar-refractivity contribution in [2.24, 2.45) is 0 Å². The molecular weight excluding hydrogens is 402 g/mol. The first-order valence-corrected chi connectivity index (χ1v) is 10.4. The standard InChI is InChI=1S/C25H21N5O2/c1-15-5-10-20-19(12-15)22-21(24(32-20)16-6-8-18(31-2)9-7-16)23(17-4-3-11-26-13-17)30-25(29-22)27-14-28-30/h3-14,23-24H,1-2H3,(H,27,28,29)/t23-,24-/m0/s1. The van der Waals surface area contributed by atoms with Crippen LogP contribution in [0.3, 0.4) is 0 Å². The third-order valence-electron chi connectivity index (χ3n) is 5.99. The predicted octanol–water partition coefficient (Wildman–Crippen LogP) is 4.55. The van der Waals surface area contributed by atoms with Gasteiger partial charge in [0.05, 0.1) is 12.8 Å². The van der Waals surface area contributed by atoms with Crippen molar-refractivity contribution < 1.29 is 9.47 Å². The zero-order valence-electron chi connectivity index (χ0n) is 17.7. The van der Waals surface area contributed by atoms with Gasteiger partial charge >= 0.3 is 0 Å². The Hall–Kier alpha value is -4.13.